The molecular formula is C17H27BrO. The van der Waals surface area contributed by atoms with Crippen LogP contribution >= 0.6 is 15.9 Å². The summed E-state index contributed by atoms with van der Waals surface area (Å²) in [7, 11) is 0. The van der Waals surface area contributed by atoms with Gasteiger partial charge in [0.25, 0.3) is 0 Å². The second-order valence-corrected chi connectivity index (χ2v) is 6.07. The largest absolute Gasteiger partial charge is 0.493 e. The molecule has 1 nitrogen and oxygen atoms in total. The van der Waals surface area contributed by atoms with Crippen LogP contribution in [-0.4, -0.2) is 11.9 Å². The molecular weight excluding hydrogens is 300 g/mol. The quantitative estimate of drug-likeness (QED) is 0.389. The minimum Gasteiger partial charge on any atom is -0.493 e. The van der Waals surface area contributed by atoms with E-state index in [1.807, 2.05) is 0 Å². The Labute approximate surface area is 126 Å². The smallest absolute Gasteiger partial charge is 0.122 e. The number of hydrogen-bond acceptors (Lipinski definition) is 1. The van der Waals surface area contributed by atoms with Gasteiger partial charge in [0.05, 0.1) is 6.61 Å². The minimum absolute atomic E-state index is 0.853. The van der Waals surface area contributed by atoms with Gasteiger partial charge in [-0.25, -0.2) is 0 Å². The maximum absolute atomic E-state index is 5.86. The topological polar surface area (TPSA) is 9.23 Å². The van der Waals surface area contributed by atoms with Gasteiger partial charge in [0.1, 0.15) is 5.75 Å². The van der Waals surface area contributed by atoms with Crippen molar-refractivity contribution in [1.29, 1.82) is 0 Å². The highest BCUT2D eigenvalue weighted by atomic mass is 79.9. The van der Waals surface area contributed by atoms with Crippen molar-refractivity contribution in [3.05, 3.63) is 29.3 Å². The van der Waals surface area contributed by atoms with Gasteiger partial charge in [-0.15, -0.1) is 0 Å². The molecule has 1 aromatic rings. The minimum atomic E-state index is 0.853. The summed E-state index contributed by atoms with van der Waals surface area (Å²) in [5.41, 5.74) is 2.51. The van der Waals surface area contributed by atoms with E-state index < -0.39 is 0 Å². The van der Waals surface area contributed by atoms with Crippen LogP contribution in [0.4, 0.5) is 0 Å². The van der Waals surface area contributed by atoms with Crippen LogP contribution in [0.2, 0.25) is 0 Å². The summed E-state index contributed by atoms with van der Waals surface area (Å²) >= 11 is 3.47. The highest BCUT2D eigenvalue weighted by Crippen LogP contribution is 2.19. The third-order valence-electron chi connectivity index (χ3n) is 3.38. The molecule has 0 spiro atoms. The van der Waals surface area contributed by atoms with Crippen molar-refractivity contribution in [3.8, 4) is 5.75 Å². The number of alkyl halides is 1. The van der Waals surface area contributed by atoms with Gasteiger partial charge in [0, 0.05) is 5.33 Å². The van der Waals surface area contributed by atoms with E-state index in [4.69, 9.17) is 4.74 Å². The highest BCUT2D eigenvalue weighted by Gasteiger charge is 1.99. The van der Waals surface area contributed by atoms with Gasteiger partial charge in [0.2, 0.25) is 0 Å². The Bertz CT molecular complexity index is 349. The van der Waals surface area contributed by atoms with Crippen LogP contribution in [0.5, 0.6) is 5.75 Å². The molecule has 0 aliphatic carbocycles. The fourth-order valence-electron chi connectivity index (χ4n) is 2.13. The van der Waals surface area contributed by atoms with Crippen molar-refractivity contribution in [2.24, 2.45) is 0 Å². The Morgan fingerprint density at radius 3 is 2.21 bits per heavy atom. The van der Waals surface area contributed by atoms with E-state index in [1.165, 1.54) is 56.1 Å². The first-order valence-electron chi connectivity index (χ1n) is 7.50. The Hall–Kier alpha value is -0.500. The first-order chi connectivity index (χ1) is 9.24. The summed E-state index contributed by atoms with van der Waals surface area (Å²) in [5.74, 6) is 1.05. The number of unbranched alkanes of at least 4 members (excludes halogenated alkanes) is 6. The molecule has 1 aromatic carbocycles. The molecule has 0 heterocycles. The van der Waals surface area contributed by atoms with Crippen LogP contribution in [0.15, 0.2) is 18.2 Å². The third kappa shape index (κ3) is 7.61. The molecule has 0 bridgehead atoms. The highest BCUT2D eigenvalue weighted by molar-refractivity contribution is 9.09. The summed E-state index contributed by atoms with van der Waals surface area (Å²) in [6, 6.07) is 6.40. The van der Waals surface area contributed by atoms with Crippen LogP contribution in [0.25, 0.3) is 0 Å². The molecule has 0 aliphatic rings. The van der Waals surface area contributed by atoms with E-state index in [0.717, 1.165) is 17.7 Å². The zero-order chi connectivity index (χ0) is 13.9. The summed E-state index contributed by atoms with van der Waals surface area (Å²) in [6.07, 6.45) is 9.24. The average Bonchev–Trinajstić information content (AvgIpc) is 2.40. The van der Waals surface area contributed by atoms with Gasteiger partial charge < -0.3 is 4.74 Å². The number of aryl methyl sites for hydroxylation is 2. The molecule has 0 atom stereocenters. The first kappa shape index (κ1) is 16.6. The molecule has 0 aliphatic heterocycles. The molecule has 19 heavy (non-hydrogen) atoms. The molecule has 0 fully saturated rings. The monoisotopic (exact) mass is 326 g/mol. The lowest BCUT2D eigenvalue weighted by molar-refractivity contribution is 0.302. The molecule has 0 amide bonds. The third-order valence-corrected chi connectivity index (χ3v) is 3.94. The Balaban J connectivity index is 2.03. The van der Waals surface area contributed by atoms with Crippen molar-refractivity contribution >= 4 is 15.9 Å². The summed E-state index contributed by atoms with van der Waals surface area (Å²) in [6.45, 7) is 5.07. The van der Waals surface area contributed by atoms with Gasteiger partial charge in [-0.05, 0) is 43.9 Å². The first-order valence-corrected chi connectivity index (χ1v) is 8.62. The predicted octanol–water partition coefficient (Wildman–Crippen LogP) is 5.81. The van der Waals surface area contributed by atoms with Crippen molar-refractivity contribution in [2.75, 3.05) is 11.9 Å². The van der Waals surface area contributed by atoms with Crippen LogP contribution < -0.4 is 4.74 Å². The van der Waals surface area contributed by atoms with Crippen molar-refractivity contribution in [3.63, 3.8) is 0 Å². The Morgan fingerprint density at radius 1 is 0.895 bits per heavy atom. The van der Waals surface area contributed by atoms with Gasteiger partial charge in [-0.3, -0.25) is 0 Å². The molecule has 1 rings (SSSR count). The maximum atomic E-state index is 5.86. The van der Waals surface area contributed by atoms with Crippen LogP contribution in [0.3, 0.4) is 0 Å². The predicted molar refractivity (Wildman–Crippen MR) is 87.5 cm³/mol. The summed E-state index contributed by atoms with van der Waals surface area (Å²) in [5, 5.41) is 1.15. The number of benzene rings is 1. The second kappa shape index (κ2) is 10.3. The standard InChI is InChI=1S/C17H27BrO/c1-15-10-11-16(2)17(14-15)19-13-9-7-5-3-4-6-8-12-18/h10-11,14H,3-9,12-13H2,1-2H3. The van der Waals surface area contributed by atoms with Gasteiger partial charge in [-0.1, -0.05) is 60.2 Å². The molecule has 0 saturated heterocycles. The van der Waals surface area contributed by atoms with E-state index in [2.05, 4.69) is 48.0 Å². The number of ether oxygens (including phenoxy) is 1. The molecule has 0 saturated carbocycles. The van der Waals surface area contributed by atoms with Crippen molar-refractivity contribution in [2.45, 2.75) is 58.8 Å². The van der Waals surface area contributed by atoms with E-state index >= 15 is 0 Å². The fraction of sp³-hybridized carbons (Fsp3) is 0.647. The van der Waals surface area contributed by atoms with E-state index in [1.54, 1.807) is 0 Å². The summed E-state index contributed by atoms with van der Waals surface area (Å²) in [4.78, 5) is 0. The van der Waals surface area contributed by atoms with E-state index in [-0.39, 0.29) is 0 Å². The number of hydrogen-bond donors (Lipinski definition) is 0. The Morgan fingerprint density at radius 2 is 1.53 bits per heavy atom. The average molecular weight is 327 g/mol. The van der Waals surface area contributed by atoms with E-state index in [9.17, 15) is 0 Å². The van der Waals surface area contributed by atoms with Crippen molar-refractivity contribution in [1.82, 2.24) is 0 Å². The van der Waals surface area contributed by atoms with Crippen LogP contribution in [-0.2, 0) is 0 Å². The lowest BCUT2D eigenvalue weighted by Gasteiger charge is -2.09. The van der Waals surface area contributed by atoms with Crippen LogP contribution in [0.1, 0.15) is 56.1 Å². The SMILES string of the molecule is Cc1ccc(C)c(OCCCCCCCCCBr)c1. The molecule has 0 N–H and O–H groups in total. The normalized spacial score (nSPS) is 10.7. The number of rotatable bonds is 10. The molecule has 108 valence electrons. The zero-order valence-electron chi connectivity index (χ0n) is 12.4. The maximum Gasteiger partial charge on any atom is 0.122 e. The molecule has 0 radical (unpaired) electrons. The lowest BCUT2D eigenvalue weighted by atomic mass is 10.1. The second-order valence-electron chi connectivity index (χ2n) is 5.28. The van der Waals surface area contributed by atoms with Crippen molar-refractivity contribution < 1.29 is 4.74 Å². The zero-order valence-corrected chi connectivity index (χ0v) is 14.0. The van der Waals surface area contributed by atoms with Gasteiger partial charge >= 0.3 is 0 Å². The van der Waals surface area contributed by atoms with Crippen LogP contribution in [0, 0.1) is 13.8 Å². The van der Waals surface area contributed by atoms with Gasteiger partial charge in [0.15, 0.2) is 0 Å². The lowest BCUT2D eigenvalue weighted by Crippen LogP contribution is -1.99. The molecule has 0 aromatic heterocycles. The fourth-order valence-corrected chi connectivity index (χ4v) is 2.52. The van der Waals surface area contributed by atoms with E-state index in [0.29, 0.717) is 0 Å². The molecule has 2 heteroatoms. The molecule has 0 unspecified atom stereocenters. The number of halogens is 1. The Kier molecular flexibility index (Phi) is 8.98. The van der Waals surface area contributed by atoms with Gasteiger partial charge in [-0.2, -0.15) is 0 Å². The summed E-state index contributed by atoms with van der Waals surface area (Å²) < 4.78 is 5.86.